The number of carbonyl (C=O) groups is 1. The van der Waals surface area contributed by atoms with Crippen LogP contribution in [-0.4, -0.2) is 49.2 Å². The van der Waals surface area contributed by atoms with Crippen molar-refractivity contribution in [2.45, 2.75) is 58.7 Å². The van der Waals surface area contributed by atoms with Gasteiger partial charge in [-0.25, -0.2) is 0 Å². The molecule has 0 heterocycles. The van der Waals surface area contributed by atoms with Gasteiger partial charge in [-0.3, -0.25) is 4.79 Å². The number of rotatable bonds is 14. The van der Waals surface area contributed by atoms with Crippen molar-refractivity contribution >= 4 is 5.97 Å². The van der Waals surface area contributed by atoms with Gasteiger partial charge in [0.25, 0.3) is 0 Å². The quantitative estimate of drug-likeness (QED) is 0.380. The fraction of sp³-hybridized carbons (Fsp3) is 0.667. The first-order chi connectivity index (χ1) is 13.0. The van der Waals surface area contributed by atoms with E-state index in [9.17, 15) is 15.0 Å². The normalized spacial score (nSPS) is 14.4. The second-order valence-corrected chi connectivity index (χ2v) is 6.80. The molecule has 1 rings (SSSR count). The number of hydrogen-bond donors (Lipinski definition) is 2. The summed E-state index contributed by atoms with van der Waals surface area (Å²) in [5.41, 5.74) is -0.555. The Balaban J connectivity index is 2.79. The van der Waals surface area contributed by atoms with Gasteiger partial charge in [0.1, 0.15) is 11.2 Å². The van der Waals surface area contributed by atoms with Gasteiger partial charge >= 0.3 is 5.97 Å². The number of aliphatic hydroxyl groups excluding tert-OH is 2. The van der Waals surface area contributed by atoms with E-state index < -0.39 is 24.1 Å². The molecule has 6 nitrogen and oxygen atoms in total. The Kier molecular flexibility index (Phi) is 11.0. The number of benzene rings is 1. The van der Waals surface area contributed by atoms with Gasteiger partial charge in [-0.2, -0.15) is 0 Å². The molecule has 0 fully saturated rings. The summed E-state index contributed by atoms with van der Waals surface area (Å²) >= 11 is 0. The van der Waals surface area contributed by atoms with E-state index in [1.165, 1.54) is 0 Å². The maximum Gasteiger partial charge on any atom is 0.319 e. The lowest BCUT2D eigenvalue weighted by atomic mass is 9.81. The second-order valence-electron chi connectivity index (χ2n) is 6.80. The molecule has 6 heteroatoms. The number of unbranched alkanes of at least 4 members (excludes halogenated alkanes) is 2. The summed E-state index contributed by atoms with van der Waals surface area (Å²) in [5.74, 6) is 0.142. The maximum absolute atomic E-state index is 12.6. The van der Waals surface area contributed by atoms with E-state index in [2.05, 4.69) is 6.92 Å². The van der Waals surface area contributed by atoms with Crippen molar-refractivity contribution in [3.8, 4) is 5.75 Å². The zero-order valence-corrected chi connectivity index (χ0v) is 16.8. The number of esters is 1. The molecule has 2 N–H and O–H groups in total. The Morgan fingerprint density at radius 2 is 1.85 bits per heavy atom. The van der Waals surface area contributed by atoms with Crippen LogP contribution in [0.15, 0.2) is 24.3 Å². The van der Waals surface area contributed by atoms with E-state index in [1.807, 2.05) is 31.2 Å². The molecule has 27 heavy (non-hydrogen) atoms. The molecule has 0 bridgehead atoms. The lowest BCUT2D eigenvalue weighted by Gasteiger charge is -2.34. The summed E-state index contributed by atoms with van der Waals surface area (Å²) < 4.78 is 16.1. The average molecular weight is 382 g/mol. The highest BCUT2D eigenvalue weighted by Gasteiger charge is 2.46. The third-order valence-corrected chi connectivity index (χ3v) is 4.63. The Labute approximate surface area is 162 Å². The predicted octanol–water partition coefficient (Wildman–Crippen LogP) is 3.08. The third-order valence-electron chi connectivity index (χ3n) is 4.63. The van der Waals surface area contributed by atoms with Crippen molar-refractivity contribution in [3.05, 3.63) is 29.8 Å². The maximum atomic E-state index is 12.6. The van der Waals surface area contributed by atoms with Crippen LogP contribution in [-0.2, 0) is 20.9 Å². The molecule has 0 spiro atoms. The van der Waals surface area contributed by atoms with Crippen molar-refractivity contribution in [1.29, 1.82) is 0 Å². The zero-order chi connectivity index (χ0) is 20.1. The van der Waals surface area contributed by atoms with Gasteiger partial charge in [-0.05, 0) is 30.5 Å². The first-order valence-corrected chi connectivity index (χ1v) is 9.70. The molecule has 0 aliphatic heterocycles. The fourth-order valence-corrected chi connectivity index (χ4v) is 2.78. The van der Waals surface area contributed by atoms with Gasteiger partial charge in [0.05, 0.1) is 39.6 Å². The van der Waals surface area contributed by atoms with Crippen molar-refractivity contribution < 1.29 is 29.2 Å². The minimum atomic E-state index is -1.46. The molecule has 0 aliphatic rings. The van der Waals surface area contributed by atoms with E-state index in [4.69, 9.17) is 14.2 Å². The molecule has 0 amide bonds. The summed E-state index contributed by atoms with van der Waals surface area (Å²) in [7, 11) is 1.60. The summed E-state index contributed by atoms with van der Waals surface area (Å²) in [6, 6.07) is 7.39. The highest BCUT2D eigenvalue weighted by molar-refractivity contribution is 5.78. The van der Waals surface area contributed by atoms with E-state index >= 15 is 0 Å². The zero-order valence-electron chi connectivity index (χ0n) is 16.8. The minimum Gasteiger partial charge on any atom is -0.497 e. The number of methoxy groups -OCH3 is 1. The van der Waals surface area contributed by atoms with Crippen LogP contribution in [0, 0.1) is 5.41 Å². The summed E-state index contributed by atoms with van der Waals surface area (Å²) in [5, 5.41) is 20.6. The largest absolute Gasteiger partial charge is 0.497 e. The number of hydrogen-bond acceptors (Lipinski definition) is 6. The monoisotopic (exact) mass is 382 g/mol. The van der Waals surface area contributed by atoms with Crippen LogP contribution in [0.25, 0.3) is 0 Å². The fourth-order valence-electron chi connectivity index (χ4n) is 2.78. The third kappa shape index (κ3) is 7.13. The average Bonchev–Trinajstić information content (AvgIpc) is 2.70. The lowest BCUT2D eigenvalue weighted by molar-refractivity contribution is -0.176. The highest BCUT2D eigenvalue weighted by atomic mass is 16.5. The molecule has 1 aromatic rings. The van der Waals surface area contributed by atoms with Crippen LogP contribution >= 0.6 is 0 Å². The van der Waals surface area contributed by atoms with E-state index in [1.54, 1.807) is 7.11 Å². The van der Waals surface area contributed by atoms with Crippen molar-refractivity contribution in [3.63, 3.8) is 0 Å². The van der Waals surface area contributed by atoms with Crippen LogP contribution in [0.1, 0.15) is 51.5 Å². The number of aliphatic hydroxyl groups is 2. The Morgan fingerprint density at radius 1 is 1.15 bits per heavy atom. The molecule has 2 unspecified atom stereocenters. The van der Waals surface area contributed by atoms with Crippen molar-refractivity contribution in [1.82, 2.24) is 0 Å². The Morgan fingerprint density at radius 3 is 2.41 bits per heavy atom. The summed E-state index contributed by atoms with van der Waals surface area (Å²) in [6.07, 6.45) is 2.81. The lowest BCUT2D eigenvalue weighted by Crippen LogP contribution is -2.50. The first-order valence-electron chi connectivity index (χ1n) is 9.70. The standard InChI is InChI=1S/C21H34O6/c1-4-6-7-8-19(23)21(15-22,20(24)27-13-5-2)16-26-14-17-9-11-18(25-3)12-10-17/h9-12,19,22-23H,4-8,13-16H2,1-3H3. The molecule has 0 radical (unpaired) electrons. The van der Waals surface area contributed by atoms with Crippen LogP contribution in [0.3, 0.4) is 0 Å². The first kappa shape index (κ1) is 23.4. The summed E-state index contributed by atoms with van der Waals surface area (Å²) in [4.78, 5) is 12.6. The molecular weight excluding hydrogens is 348 g/mol. The van der Waals surface area contributed by atoms with Crippen LogP contribution in [0.2, 0.25) is 0 Å². The Hall–Kier alpha value is -1.63. The second kappa shape index (κ2) is 12.7. The van der Waals surface area contributed by atoms with Crippen molar-refractivity contribution in [2.75, 3.05) is 26.9 Å². The van der Waals surface area contributed by atoms with Gasteiger partial charge < -0.3 is 24.4 Å². The molecule has 0 saturated carbocycles. The van der Waals surface area contributed by atoms with Crippen LogP contribution in [0.4, 0.5) is 0 Å². The van der Waals surface area contributed by atoms with Gasteiger partial charge in [-0.15, -0.1) is 0 Å². The SMILES string of the molecule is CCCCCC(O)C(CO)(COCc1ccc(OC)cc1)C(=O)OCCC. The van der Waals surface area contributed by atoms with Crippen LogP contribution < -0.4 is 4.74 Å². The van der Waals surface area contributed by atoms with Gasteiger partial charge in [-0.1, -0.05) is 45.2 Å². The molecule has 1 aromatic carbocycles. The van der Waals surface area contributed by atoms with Gasteiger partial charge in [0.15, 0.2) is 0 Å². The molecule has 154 valence electrons. The predicted molar refractivity (Wildman–Crippen MR) is 104 cm³/mol. The van der Waals surface area contributed by atoms with Crippen molar-refractivity contribution in [2.24, 2.45) is 5.41 Å². The number of ether oxygens (including phenoxy) is 3. The summed E-state index contributed by atoms with van der Waals surface area (Å²) in [6.45, 7) is 3.84. The molecule has 2 atom stereocenters. The smallest absolute Gasteiger partial charge is 0.319 e. The van der Waals surface area contributed by atoms with Crippen LogP contribution in [0.5, 0.6) is 5.75 Å². The number of carbonyl (C=O) groups excluding carboxylic acids is 1. The van der Waals surface area contributed by atoms with E-state index in [0.717, 1.165) is 30.6 Å². The molecular formula is C21H34O6. The van der Waals surface area contributed by atoms with E-state index in [-0.39, 0.29) is 19.8 Å². The Bertz CT molecular complexity index is 530. The van der Waals surface area contributed by atoms with E-state index in [0.29, 0.717) is 12.8 Å². The van der Waals surface area contributed by atoms with Gasteiger partial charge in [0, 0.05) is 0 Å². The molecule has 0 aromatic heterocycles. The topological polar surface area (TPSA) is 85.2 Å². The minimum absolute atomic E-state index is 0.106. The molecule has 0 saturated heterocycles. The highest BCUT2D eigenvalue weighted by Crippen LogP contribution is 2.29. The van der Waals surface area contributed by atoms with Gasteiger partial charge in [0.2, 0.25) is 0 Å². The molecule has 0 aliphatic carbocycles.